The summed E-state index contributed by atoms with van der Waals surface area (Å²) in [6.07, 6.45) is 11.9. The normalized spacial score (nSPS) is 22.7. The second-order valence-electron chi connectivity index (χ2n) is 10.0. The lowest BCUT2D eigenvalue weighted by Crippen LogP contribution is -2.36. The number of sulfone groups is 1. The maximum atomic E-state index is 12.9. The Bertz CT molecular complexity index is 1380. The summed E-state index contributed by atoms with van der Waals surface area (Å²) in [5, 5.41) is 4.32. The van der Waals surface area contributed by atoms with Gasteiger partial charge in [0.15, 0.2) is 9.84 Å². The molecule has 0 spiro atoms. The van der Waals surface area contributed by atoms with Gasteiger partial charge in [0.1, 0.15) is 10.7 Å². The van der Waals surface area contributed by atoms with Gasteiger partial charge in [0.05, 0.1) is 17.5 Å². The molecule has 4 aliphatic rings. The van der Waals surface area contributed by atoms with E-state index in [0.717, 1.165) is 56.5 Å². The van der Waals surface area contributed by atoms with Crippen molar-refractivity contribution in [1.82, 2.24) is 15.1 Å². The van der Waals surface area contributed by atoms with E-state index in [-0.39, 0.29) is 28.2 Å². The highest BCUT2D eigenvalue weighted by molar-refractivity contribution is 7.94. The first kappa shape index (κ1) is 26.0. The van der Waals surface area contributed by atoms with Gasteiger partial charge in [-0.25, -0.2) is 8.42 Å². The lowest BCUT2D eigenvalue weighted by atomic mass is 9.98. The molecular formula is C27H33N3O5S2. The third-order valence-electron chi connectivity index (χ3n) is 7.39. The number of allylic oxidation sites excluding steroid dienone is 5. The van der Waals surface area contributed by atoms with E-state index in [0.29, 0.717) is 12.2 Å². The van der Waals surface area contributed by atoms with E-state index in [9.17, 15) is 21.4 Å². The molecule has 198 valence electrons. The number of piperidine rings is 1. The SMILES string of the molecule is O=S(=O)(/C=C/C1=CC2CNC3=CC=CC(=C1S(=O)(=O)O)N32)CC1CCN(CCCc2ccccc2)CC1. The first-order valence-electron chi connectivity index (χ1n) is 12.7. The molecule has 1 aromatic carbocycles. The van der Waals surface area contributed by atoms with Crippen LogP contribution in [0.4, 0.5) is 0 Å². The van der Waals surface area contributed by atoms with Crippen LogP contribution in [0.15, 0.2) is 88.1 Å². The maximum absolute atomic E-state index is 12.9. The van der Waals surface area contributed by atoms with Crippen molar-refractivity contribution >= 4 is 20.0 Å². The van der Waals surface area contributed by atoms with Gasteiger partial charge in [0, 0.05) is 12.0 Å². The van der Waals surface area contributed by atoms with E-state index < -0.39 is 20.0 Å². The summed E-state index contributed by atoms with van der Waals surface area (Å²) in [4.78, 5) is 3.94. The molecule has 10 heteroatoms. The maximum Gasteiger partial charge on any atom is 0.297 e. The molecule has 1 atom stereocenters. The van der Waals surface area contributed by atoms with Crippen molar-refractivity contribution in [2.24, 2.45) is 5.92 Å². The highest BCUT2D eigenvalue weighted by Crippen LogP contribution is 2.38. The molecule has 0 amide bonds. The fourth-order valence-electron chi connectivity index (χ4n) is 5.57. The molecule has 0 radical (unpaired) electrons. The van der Waals surface area contributed by atoms with E-state index >= 15 is 0 Å². The molecule has 37 heavy (non-hydrogen) atoms. The van der Waals surface area contributed by atoms with Crippen LogP contribution in [0.2, 0.25) is 0 Å². The average Bonchev–Trinajstić information content (AvgIpc) is 3.28. The van der Waals surface area contributed by atoms with Crippen LogP contribution in [-0.2, 0) is 26.4 Å². The number of hydrogen-bond acceptors (Lipinski definition) is 7. The molecule has 0 bridgehead atoms. The van der Waals surface area contributed by atoms with Crippen molar-refractivity contribution in [1.29, 1.82) is 0 Å². The molecule has 2 saturated heterocycles. The van der Waals surface area contributed by atoms with Crippen molar-refractivity contribution in [2.45, 2.75) is 31.7 Å². The summed E-state index contributed by atoms with van der Waals surface area (Å²) in [7, 11) is -8.14. The molecular weight excluding hydrogens is 510 g/mol. The zero-order valence-corrected chi connectivity index (χ0v) is 22.3. The van der Waals surface area contributed by atoms with E-state index in [2.05, 4.69) is 34.5 Å². The Morgan fingerprint density at radius 2 is 1.84 bits per heavy atom. The first-order chi connectivity index (χ1) is 17.7. The van der Waals surface area contributed by atoms with Crippen molar-refractivity contribution in [3.8, 4) is 0 Å². The van der Waals surface area contributed by atoms with Gasteiger partial charge in [0.2, 0.25) is 0 Å². The van der Waals surface area contributed by atoms with Crippen LogP contribution in [0.5, 0.6) is 0 Å². The van der Waals surface area contributed by atoms with Crippen LogP contribution in [0, 0.1) is 5.92 Å². The molecule has 1 aromatic rings. The molecule has 2 fully saturated rings. The molecule has 2 N–H and O–H groups in total. The molecule has 0 aromatic heterocycles. The van der Waals surface area contributed by atoms with Crippen LogP contribution in [0.1, 0.15) is 24.8 Å². The number of likely N-dealkylation sites (tertiary alicyclic amines) is 1. The number of nitrogens with one attached hydrogen (secondary N) is 1. The predicted molar refractivity (Wildman–Crippen MR) is 144 cm³/mol. The highest BCUT2D eigenvalue weighted by Gasteiger charge is 2.38. The molecule has 0 aliphatic carbocycles. The molecule has 5 rings (SSSR count). The number of aryl methyl sites for hydroxylation is 1. The van der Waals surface area contributed by atoms with Crippen molar-refractivity contribution in [3.05, 3.63) is 93.7 Å². The third kappa shape index (κ3) is 6.09. The standard InChI is InChI=1S/C27H33N3O5S2/c31-36(32,20-22-11-15-29(16-12-22)14-5-8-21-6-2-1-3-7-21)17-13-23-18-24-19-28-26-10-4-9-25(30(24)26)27(23)37(33,34)35/h1-4,6-7,9-10,13,17-18,22,24,28H,5,8,11-12,14-16,19-20H2,(H,33,34,35)/b17-13+. The van der Waals surface area contributed by atoms with Gasteiger partial charge in [0.25, 0.3) is 10.1 Å². The smallest absolute Gasteiger partial charge is 0.297 e. The largest absolute Gasteiger partial charge is 0.369 e. The Kier molecular flexibility index (Phi) is 7.44. The summed E-state index contributed by atoms with van der Waals surface area (Å²) in [6.45, 7) is 3.34. The molecule has 1 unspecified atom stereocenters. The fourth-order valence-corrected chi connectivity index (χ4v) is 7.89. The fraction of sp³-hybridized carbons (Fsp3) is 0.407. The monoisotopic (exact) mass is 543 g/mol. The van der Waals surface area contributed by atoms with Crippen LogP contribution in [0.25, 0.3) is 0 Å². The summed E-state index contributed by atoms with van der Waals surface area (Å²) in [6, 6.07) is 10.3. The van der Waals surface area contributed by atoms with Gasteiger partial charge in [-0.05, 0) is 80.6 Å². The minimum absolute atomic E-state index is 0.0380. The summed E-state index contributed by atoms with van der Waals surface area (Å²) in [5.74, 6) is 0.862. The van der Waals surface area contributed by atoms with Crippen LogP contribution < -0.4 is 5.32 Å². The number of benzene rings is 1. The quantitative estimate of drug-likeness (QED) is 0.458. The van der Waals surface area contributed by atoms with Gasteiger partial charge in [-0.15, -0.1) is 0 Å². The first-order valence-corrected chi connectivity index (χ1v) is 15.9. The van der Waals surface area contributed by atoms with Gasteiger partial charge < -0.3 is 15.1 Å². The Morgan fingerprint density at radius 3 is 2.57 bits per heavy atom. The number of rotatable bonds is 9. The van der Waals surface area contributed by atoms with Crippen molar-refractivity contribution < 1.29 is 21.4 Å². The Hall–Kier alpha value is -2.66. The zero-order valence-electron chi connectivity index (χ0n) is 20.7. The average molecular weight is 544 g/mol. The summed E-state index contributed by atoms with van der Waals surface area (Å²) in [5.41, 5.74) is 1.88. The molecule has 0 saturated carbocycles. The number of nitrogens with zero attached hydrogens (tertiary/aromatic N) is 2. The summed E-state index contributed by atoms with van der Waals surface area (Å²) < 4.78 is 60.4. The van der Waals surface area contributed by atoms with E-state index in [1.54, 1.807) is 18.2 Å². The van der Waals surface area contributed by atoms with Crippen LogP contribution in [-0.4, -0.2) is 69.2 Å². The minimum atomic E-state index is -4.58. The van der Waals surface area contributed by atoms with Crippen molar-refractivity contribution in [3.63, 3.8) is 0 Å². The Labute approximate surface area is 219 Å². The van der Waals surface area contributed by atoms with Gasteiger partial charge in [-0.1, -0.05) is 42.5 Å². The highest BCUT2D eigenvalue weighted by atomic mass is 32.2. The van der Waals surface area contributed by atoms with Gasteiger partial charge in [-0.2, -0.15) is 8.42 Å². The van der Waals surface area contributed by atoms with E-state index in [1.165, 1.54) is 11.6 Å². The molecule has 8 nitrogen and oxygen atoms in total. The second-order valence-corrected chi connectivity index (χ2v) is 13.3. The van der Waals surface area contributed by atoms with E-state index in [4.69, 9.17) is 0 Å². The lowest BCUT2D eigenvalue weighted by Gasteiger charge is -2.33. The second kappa shape index (κ2) is 10.6. The van der Waals surface area contributed by atoms with Crippen molar-refractivity contribution in [2.75, 3.05) is 31.9 Å². The lowest BCUT2D eigenvalue weighted by molar-refractivity contribution is 0.192. The molecule has 4 heterocycles. The predicted octanol–water partition coefficient (Wildman–Crippen LogP) is 2.98. The van der Waals surface area contributed by atoms with E-state index in [1.807, 2.05) is 17.0 Å². The Morgan fingerprint density at radius 1 is 1.08 bits per heavy atom. The number of hydrogen-bond donors (Lipinski definition) is 2. The van der Waals surface area contributed by atoms with Crippen LogP contribution in [0.3, 0.4) is 0 Å². The Balaban J connectivity index is 1.19. The minimum Gasteiger partial charge on any atom is -0.369 e. The van der Waals surface area contributed by atoms with Crippen LogP contribution >= 0.6 is 0 Å². The van der Waals surface area contributed by atoms with Gasteiger partial charge in [-0.3, -0.25) is 4.55 Å². The topological polar surface area (TPSA) is 107 Å². The van der Waals surface area contributed by atoms with Gasteiger partial charge >= 0.3 is 0 Å². The molecule has 4 aliphatic heterocycles. The summed E-state index contributed by atoms with van der Waals surface area (Å²) >= 11 is 0. The zero-order chi connectivity index (χ0) is 26.0. The third-order valence-corrected chi connectivity index (χ3v) is 9.84.